The monoisotopic (exact) mass is 258 g/mol. The van der Waals surface area contributed by atoms with E-state index >= 15 is 0 Å². The van der Waals surface area contributed by atoms with Gasteiger partial charge in [-0.05, 0) is 12.8 Å². The number of amides is 2. The summed E-state index contributed by atoms with van der Waals surface area (Å²) in [6.07, 6.45) is 4.84. The summed E-state index contributed by atoms with van der Waals surface area (Å²) >= 11 is 0. The summed E-state index contributed by atoms with van der Waals surface area (Å²) in [6, 6.07) is 0. The maximum absolute atomic E-state index is 11.4. The molecule has 0 saturated heterocycles. The van der Waals surface area contributed by atoms with Crippen LogP contribution in [0.1, 0.15) is 38.5 Å². The minimum atomic E-state index is 0.100. The van der Waals surface area contributed by atoms with Crippen LogP contribution in [-0.4, -0.2) is 50.0 Å². The molecule has 18 heavy (non-hydrogen) atoms. The van der Waals surface area contributed by atoms with E-state index in [1.54, 1.807) is 28.2 Å². The highest BCUT2D eigenvalue weighted by Crippen LogP contribution is 2.07. The van der Waals surface area contributed by atoms with Crippen LogP contribution >= 0.6 is 0 Å². The molecule has 0 heterocycles. The summed E-state index contributed by atoms with van der Waals surface area (Å²) in [5.41, 5.74) is 5.55. The third-order valence-corrected chi connectivity index (χ3v) is 2.95. The predicted molar refractivity (Wildman–Crippen MR) is 71.4 cm³/mol. The van der Waals surface area contributed by atoms with E-state index < -0.39 is 0 Å². The van der Waals surface area contributed by atoms with Gasteiger partial charge in [-0.1, -0.05) is 12.8 Å². The first kappa shape index (κ1) is 16.9. The summed E-state index contributed by atoms with van der Waals surface area (Å²) in [5.74, 6) is 0.201. The third-order valence-electron chi connectivity index (χ3n) is 2.95. The fourth-order valence-corrected chi connectivity index (χ4v) is 1.49. The zero-order valence-corrected chi connectivity index (χ0v) is 12.0. The van der Waals surface area contributed by atoms with Gasteiger partial charge in [0, 0.05) is 41.0 Å². The van der Waals surface area contributed by atoms with Crippen molar-refractivity contribution < 1.29 is 9.59 Å². The zero-order valence-electron chi connectivity index (χ0n) is 12.0. The molecular weight excluding hydrogens is 232 g/mol. The van der Waals surface area contributed by atoms with Crippen molar-refractivity contribution >= 4 is 11.8 Å². The average molecular weight is 258 g/mol. The number of rotatable bonds is 9. The molecule has 0 spiro atoms. The Morgan fingerprint density at radius 2 is 1.11 bits per heavy atom. The van der Waals surface area contributed by atoms with Gasteiger partial charge >= 0.3 is 0 Å². The standard InChI is InChI=1S/C12H26N4O2/c1-13-15(3)11(17)9-7-5-6-8-10-12(18)16(4)14-2/h13-14H,5-10H2,1-4H3. The zero-order chi connectivity index (χ0) is 14.0. The number of hydrogen-bond donors (Lipinski definition) is 2. The number of hydrogen-bond acceptors (Lipinski definition) is 4. The normalized spacial score (nSPS) is 10.2. The van der Waals surface area contributed by atoms with Gasteiger partial charge in [0.05, 0.1) is 0 Å². The third kappa shape index (κ3) is 7.24. The molecule has 0 aromatic heterocycles. The van der Waals surface area contributed by atoms with Crippen LogP contribution in [0.3, 0.4) is 0 Å². The highest BCUT2D eigenvalue weighted by Gasteiger charge is 2.07. The van der Waals surface area contributed by atoms with Crippen molar-refractivity contribution in [2.24, 2.45) is 0 Å². The van der Waals surface area contributed by atoms with E-state index in [0.717, 1.165) is 25.7 Å². The first-order valence-electron chi connectivity index (χ1n) is 6.40. The lowest BCUT2D eigenvalue weighted by Gasteiger charge is -2.15. The van der Waals surface area contributed by atoms with E-state index in [4.69, 9.17) is 0 Å². The van der Waals surface area contributed by atoms with Gasteiger partial charge in [-0.25, -0.2) is 10.9 Å². The molecule has 0 atom stereocenters. The lowest BCUT2D eigenvalue weighted by atomic mass is 10.1. The van der Waals surface area contributed by atoms with Gasteiger partial charge in [-0.15, -0.1) is 0 Å². The summed E-state index contributed by atoms with van der Waals surface area (Å²) < 4.78 is 0. The van der Waals surface area contributed by atoms with E-state index in [1.165, 1.54) is 10.0 Å². The molecule has 0 fully saturated rings. The molecule has 0 bridgehead atoms. The van der Waals surface area contributed by atoms with Crippen LogP contribution in [0.5, 0.6) is 0 Å². The van der Waals surface area contributed by atoms with E-state index in [-0.39, 0.29) is 11.8 Å². The van der Waals surface area contributed by atoms with Crippen LogP contribution in [-0.2, 0) is 9.59 Å². The van der Waals surface area contributed by atoms with Crippen LogP contribution in [0.2, 0.25) is 0 Å². The van der Waals surface area contributed by atoms with E-state index in [9.17, 15) is 9.59 Å². The molecule has 0 aliphatic heterocycles. The summed E-state index contributed by atoms with van der Waals surface area (Å²) in [5, 5.41) is 2.98. The molecule has 0 aromatic carbocycles. The molecule has 0 aromatic rings. The molecular formula is C12H26N4O2. The molecule has 0 aliphatic rings. The first-order valence-corrected chi connectivity index (χ1v) is 6.40. The van der Waals surface area contributed by atoms with Crippen LogP contribution in [0.25, 0.3) is 0 Å². The largest absolute Gasteiger partial charge is 0.281 e. The van der Waals surface area contributed by atoms with Gasteiger partial charge in [0.15, 0.2) is 0 Å². The van der Waals surface area contributed by atoms with Gasteiger partial charge in [-0.3, -0.25) is 19.6 Å². The minimum absolute atomic E-state index is 0.100. The second-order valence-corrected chi connectivity index (χ2v) is 4.27. The average Bonchev–Trinajstić information content (AvgIpc) is 2.39. The number of carbonyl (C=O) groups excluding carboxylic acids is 2. The second-order valence-electron chi connectivity index (χ2n) is 4.27. The van der Waals surface area contributed by atoms with E-state index in [2.05, 4.69) is 10.9 Å². The van der Waals surface area contributed by atoms with Gasteiger partial charge in [0.1, 0.15) is 0 Å². The number of unbranched alkanes of at least 4 members (excludes halogenated alkanes) is 3. The molecule has 0 saturated carbocycles. The number of hydrazine groups is 2. The van der Waals surface area contributed by atoms with E-state index in [1.807, 2.05) is 0 Å². The molecule has 0 aliphatic carbocycles. The Kier molecular flexibility index (Phi) is 9.22. The Bertz CT molecular complexity index is 232. The summed E-state index contributed by atoms with van der Waals surface area (Å²) in [7, 11) is 6.88. The predicted octanol–water partition coefficient (Wildman–Crippen LogP) is 0.513. The first-order chi connectivity index (χ1) is 8.52. The highest BCUT2D eigenvalue weighted by atomic mass is 16.2. The molecule has 106 valence electrons. The van der Waals surface area contributed by atoms with Crippen LogP contribution in [0, 0.1) is 0 Å². The van der Waals surface area contributed by atoms with Crippen molar-refractivity contribution in [3.63, 3.8) is 0 Å². The maximum Gasteiger partial charge on any atom is 0.236 e. The fraction of sp³-hybridized carbons (Fsp3) is 0.833. The molecule has 0 unspecified atom stereocenters. The quantitative estimate of drug-likeness (QED) is 0.467. The molecule has 6 heteroatoms. The lowest BCUT2D eigenvalue weighted by molar-refractivity contribution is -0.133. The van der Waals surface area contributed by atoms with Crippen molar-refractivity contribution in [2.45, 2.75) is 38.5 Å². The van der Waals surface area contributed by atoms with Crippen LogP contribution < -0.4 is 10.9 Å². The maximum atomic E-state index is 11.4. The summed E-state index contributed by atoms with van der Waals surface area (Å²) in [4.78, 5) is 22.9. The Hall–Kier alpha value is -1.14. The van der Waals surface area contributed by atoms with E-state index in [0.29, 0.717) is 12.8 Å². The number of carbonyl (C=O) groups is 2. The van der Waals surface area contributed by atoms with Gasteiger partial charge in [0.2, 0.25) is 11.8 Å². The number of nitrogens with zero attached hydrogens (tertiary/aromatic N) is 2. The Labute approximate surface area is 110 Å². The van der Waals surface area contributed by atoms with Crippen LogP contribution in [0.15, 0.2) is 0 Å². The molecule has 0 rings (SSSR count). The second kappa shape index (κ2) is 9.85. The molecule has 0 radical (unpaired) electrons. The van der Waals surface area contributed by atoms with Gasteiger partial charge in [-0.2, -0.15) is 0 Å². The Balaban J connectivity index is 3.47. The fourth-order valence-electron chi connectivity index (χ4n) is 1.49. The molecule has 2 N–H and O–H groups in total. The smallest absolute Gasteiger partial charge is 0.236 e. The van der Waals surface area contributed by atoms with Crippen molar-refractivity contribution in [1.29, 1.82) is 0 Å². The summed E-state index contributed by atoms with van der Waals surface area (Å²) in [6.45, 7) is 0. The van der Waals surface area contributed by atoms with Gasteiger partial charge < -0.3 is 0 Å². The van der Waals surface area contributed by atoms with Gasteiger partial charge in [0.25, 0.3) is 0 Å². The van der Waals surface area contributed by atoms with Crippen molar-refractivity contribution in [2.75, 3.05) is 28.2 Å². The SMILES string of the molecule is CNN(C)C(=O)CCCCCCC(=O)N(C)NC. The van der Waals surface area contributed by atoms with Crippen molar-refractivity contribution in [3.8, 4) is 0 Å². The molecule has 2 amide bonds. The lowest BCUT2D eigenvalue weighted by Crippen LogP contribution is -2.36. The number of nitrogens with one attached hydrogen (secondary N) is 2. The van der Waals surface area contributed by atoms with Crippen LogP contribution in [0.4, 0.5) is 0 Å². The Morgan fingerprint density at radius 1 is 0.778 bits per heavy atom. The molecule has 6 nitrogen and oxygen atoms in total. The van der Waals surface area contributed by atoms with Crippen molar-refractivity contribution in [3.05, 3.63) is 0 Å². The highest BCUT2D eigenvalue weighted by molar-refractivity contribution is 5.75. The van der Waals surface area contributed by atoms with Crippen molar-refractivity contribution in [1.82, 2.24) is 20.9 Å². The Morgan fingerprint density at radius 3 is 1.39 bits per heavy atom. The minimum Gasteiger partial charge on any atom is -0.281 e. The topological polar surface area (TPSA) is 64.7 Å².